The molecule has 0 fully saturated rings. The largest absolute Gasteiger partial charge is 0.497 e. The quantitative estimate of drug-likeness (QED) is 0.274. The summed E-state index contributed by atoms with van der Waals surface area (Å²) < 4.78 is 11.6. The van der Waals surface area contributed by atoms with Crippen LogP contribution in [0, 0.1) is 6.92 Å². The molecule has 7 heteroatoms. The molecule has 192 valence electrons. The van der Waals surface area contributed by atoms with Gasteiger partial charge in [-0.2, -0.15) is 0 Å². The number of fused-ring (bicyclic) bond motifs is 1. The Morgan fingerprint density at radius 1 is 0.868 bits per heavy atom. The van der Waals surface area contributed by atoms with E-state index in [0.717, 1.165) is 21.3 Å². The van der Waals surface area contributed by atoms with Crippen LogP contribution in [0.2, 0.25) is 0 Å². The smallest absolute Gasteiger partial charge is 0.259 e. The third-order valence-electron chi connectivity index (χ3n) is 6.88. The Morgan fingerprint density at radius 2 is 1.50 bits per heavy atom. The number of hydrogen-bond donors (Lipinski definition) is 1. The summed E-state index contributed by atoms with van der Waals surface area (Å²) in [5.41, 5.74) is 4.33. The molecule has 2 atom stereocenters. The molecular weight excluding hydrogens is 544 g/mol. The van der Waals surface area contributed by atoms with Crippen molar-refractivity contribution < 1.29 is 19.1 Å². The lowest BCUT2D eigenvalue weighted by Gasteiger charge is -2.42. The number of carbonyl (C=O) groups is 2. The normalized spacial score (nSPS) is 16.5. The second kappa shape index (κ2) is 10.7. The van der Waals surface area contributed by atoms with Crippen molar-refractivity contribution in [3.63, 3.8) is 0 Å². The van der Waals surface area contributed by atoms with Crippen molar-refractivity contribution in [3.05, 3.63) is 118 Å². The van der Waals surface area contributed by atoms with Crippen molar-refractivity contribution in [2.75, 3.05) is 24.4 Å². The molecule has 0 aliphatic carbocycles. The Balaban J connectivity index is 1.68. The van der Waals surface area contributed by atoms with E-state index in [1.54, 1.807) is 25.2 Å². The molecule has 1 heterocycles. The van der Waals surface area contributed by atoms with Crippen LogP contribution in [0.3, 0.4) is 0 Å². The summed E-state index contributed by atoms with van der Waals surface area (Å²) in [4.78, 5) is 29.9. The van der Waals surface area contributed by atoms with E-state index in [9.17, 15) is 9.59 Å². The lowest BCUT2D eigenvalue weighted by atomic mass is 9.78. The first kappa shape index (κ1) is 25.5. The van der Waals surface area contributed by atoms with Gasteiger partial charge in [-0.25, -0.2) is 0 Å². The Kier molecular flexibility index (Phi) is 7.20. The summed E-state index contributed by atoms with van der Waals surface area (Å²) in [5.74, 6) is 0.325. The zero-order valence-corrected chi connectivity index (χ0v) is 22.9. The highest BCUT2D eigenvalue weighted by Crippen LogP contribution is 2.46. The number of nitrogens with zero attached hydrogens (tertiary/aromatic N) is 1. The van der Waals surface area contributed by atoms with E-state index in [0.29, 0.717) is 28.3 Å². The summed E-state index contributed by atoms with van der Waals surface area (Å²) in [5, 5.41) is 3.13. The maximum absolute atomic E-state index is 14.2. The fraction of sp³-hybridized carbons (Fsp3) is 0.161. The van der Waals surface area contributed by atoms with Gasteiger partial charge in [0.15, 0.2) is 0 Å². The van der Waals surface area contributed by atoms with Crippen LogP contribution in [0.15, 0.2) is 95.5 Å². The Labute approximate surface area is 230 Å². The Hall–Kier alpha value is -4.10. The van der Waals surface area contributed by atoms with Gasteiger partial charge >= 0.3 is 0 Å². The summed E-state index contributed by atoms with van der Waals surface area (Å²) in [6.45, 7) is 1.95. The standard InChI is InChI=1S/C31H27BrN2O4/c1-19-18-21(32)10-17-27(19)33-30(35)28-25-6-4-5-7-26(25)31(36)34(22-11-15-24(38-3)16-12-22)29(28)20-8-13-23(37-2)14-9-20/h4-18,28-29H,1-3H3,(H,33,35)/t28-,29-/m0/s1. The Morgan fingerprint density at radius 3 is 2.13 bits per heavy atom. The molecule has 0 saturated heterocycles. The third-order valence-corrected chi connectivity index (χ3v) is 7.37. The minimum atomic E-state index is -0.678. The average Bonchev–Trinajstić information content (AvgIpc) is 2.94. The van der Waals surface area contributed by atoms with Crippen molar-refractivity contribution in [1.82, 2.24) is 0 Å². The highest BCUT2D eigenvalue weighted by Gasteiger charge is 2.45. The van der Waals surface area contributed by atoms with Crippen molar-refractivity contribution in [3.8, 4) is 11.5 Å². The van der Waals surface area contributed by atoms with Gasteiger partial charge in [0.05, 0.1) is 26.2 Å². The van der Waals surface area contributed by atoms with Crippen LogP contribution in [0.4, 0.5) is 11.4 Å². The fourth-order valence-electron chi connectivity index (χ4n) is 4.96. The van der Waals surface area contributed by atoms with E-state index >= 15 is 0 Å². The van der Waals surface area contributed by atoms with Gasteiger partial charge in [-0.3, -0.25) is 14.5 Å². The molecule has 2 amide bonds. The fourth-order valence-corrected chi connectivity index (χ4v) is 5.44. The highest BCUT2D eigenvalue weighted by atomic mass is 79.9. The molecule has 6 nitrogen and oxygen atoms in total. The number of aryl methyl sites for hydroxylation is 1. The second-order valence-corrected chi connectivity index (χ2v) is 10.0. The maximum atomic E-state index is 14.2. The van der Waals surface area contributed by atoms with Gasteiger partial charge in [-0.05, 0) is 84.3 Å². The molecule has 38 heavy (non-hydrogen) atoms. The monoisotopic (exact) mass is 570 g/mol. The summed E-state index contributed by atoms with van der Waals surface area (Å²) in [6.07, 6.45) is 0. The molecule has 4 aromatic rings. The van der Waals surface area contributed by atoms with Gasteiger partial charge in [-0.1, -0.05) is 46.3 Å². The molecule has 1 N–H and O–H groups in total. The lowest BCUT2D eigenvalue weighted by Crippen LogP contribution is -2.46. The summed E-state index contributed by atoms with van der Waals surface area (Å²) in [6, 6.07) is 27.3. The average molecular weight is 571 g/mol. The predicted octanol–water partition coefficient (Wildman–Crippen LogP) is 6.90. The summed E-state index contributed by atoms with van der Waals surface area (Å²) >= 11 is 3.49. The minimum absolute atomic E-state index is 0.171. The minimum Gasteiger partial charge on any atom is -0.497 e. The predicted molar refractivity (Wildman–Crippen MR) is 152 cm³/mol. The van der Waals surface area contributed by atoms with Crippen LogP contribution < -0.4 is 19.7 Å². The van der Waals surface area contributed by atoms with Gasteiger partial charge in [-0.15, -0.1) is 0 Å². The second-order valence-electron chi connectivity index (χ2n) is 9.10. The molecule has 0 radical (unpaired) electrons. The number of carbonyl (C=O) groups excluding carboxylic acids is 2. The van der Waals surface area contributed by atoms with Gasteiger partial charge < -0.3 is 14.8 Å². The van der Waals surface area contributed by atoms with Gasteiger partial charge in [0.2, 0.25) is 5.91 Å². The number of methoxy groups -OCH3 is 2. The van der Waals surface area contributed by atoms with Crippen LogP contribution in [0.1, 0.15) is 39.0 Å². The summed E-state index contributed by atoms with van der Waals surface area (Å²) in [7, 11) is 3.21. The number of anilines is 2. The number of ether oxygens (including phenoxy) is 2. The number of halogens is 1. The molecule has 1 aliphatic rings. The molecule has 0 unspecified atom stereocenters. The first-order valence-corrected chi connectivity index (χ1v) is 13.0. The third kappa shape index (κ3) is 4.77. The maximum Gasteiger partial charge on any atom is 0.259 e. The van der Waals surface area contributed by atoms with Crippen molar-refractivity contribution in [1.29, 1.82) is 0 Å². The van der Waals surface area contributed by atoms with E-state index in [4.69, 9.17) is 9.47 Å². The number of nitrogens with one attached hydrogen (secondary N) is 1. The van der Waals surface area contributed by atoms with Gasteiger partial charge in [0.25, 0.3) is 5.91 Å². The van der Waals surface area contributed by atoms with Crippen molar-refractivity contribution in [2.45, 2.75) is 18.9 Å². The first-order valence-electron chi connectivity index (χ1n) is 12.2. The molecule has 0 spiro atoms. The topological polar surface area (TPSA) is 67.9 Å². The SMILES string of the molecule is COc1ccc([C@H]2[C@@H](C(=O)Nc3ccc(Br)cc3C)c3ccccc3C(=O)N2c2ccc(OC)cc2)cc1. The molecule has 0 bridgehead atoms. The first-order chi connectivity index (χ1) is 18.4. The highest BCUT2D eigenvalue weighted by molar-refractivity contribution is 9.10. The van der Waals surface area contributed by atoms with E-state index in [-0.39, 0.29) is 11.8 Å². The van der Waals surface area contributed by atoms with Gasteiger partial charge in [0, 0.05) is 21.4 Å². The molecule has 0 aromatic heterocycles. The zero-order valence-electron chi connectivity index (χ0n) is 21.3. The number of hydrogen-bond acceptors (Lipinski definition) is 4. The van der Waals surface area contributed by atoms with Crippen LogP contribution in [-0.2, 0) is 4.79 Å². The molecule has 0 saturated carbocycles. The van der Waals surface area contributed by atoms with E-state index in [1.807, 2.05) is 91.9 Å². The van der Waals surface area contributed by atoms with E-state index in [1.165, 1.54) is 0 Å². The van der Waals surface area contributed by atoms with Crippen LogP contribution in [0.25, 0.3) is 0 Å². The molecule has 4 aromatic carbocycles. The molecule has 1 aliphatic heterocycles. The van der Waals surface area contributed by atoms with E-state index in [2.05, 4.69) is 21.2 Å². The van der Waals surface area contributed by atoms with Gasteiger partial charge in [0.1, 0.15) is 11.5 Å². The van der Waals surface area contributed by atoms with Crippen LogP contribution >= 0.6 is 15.9 Å². The number of benzene rings is 4. The number of amides is 2. The molecular formula is C31H27BrN2O4. The van der Waals surface area contributed by atoms with Crippen molar-refractivity contribution in [2.24, 2.45) is 0 Å². The van der Waals surface area contributed by atoms with E-state index < -0.39 is 12.0 Å². The van der Waals surface area contributed by atoms with Crippen LogP contribution in [-0.4, -0.2) is 26.0 Å². The zero-order chi connectivity index (χ0) is 26.8. The van der Waals surface area contributed by atoms with Crippen LogP contribution in [0.5, 0.6) is 11.5 Å². The lowest BCUT2D eigenvalue weighted by molar-refractivity contribution is -0.118. The Bertz CT molecular complexity index is 1490. The molecule has 5 rings (SSSR count). The van der Waals surface area contributed by atoms with Crippen molar-refractivity contribution >= 4 is 39.1 Å². The number of rotatable bonds is 6.